The van der Waals surface area contributed by atoms with E-state index in [1.807, 2.05) is 0 Å². The number of nitrogens with zero attached hydrogens (tertiary/aromatic N) is 4. The number of para-hydroxylation sites is 1. The molecule has 0 radical (unpaired) electrons. The van der Waals surface area contributed by atoms with Crippen molar-refractivity contribution in [2.24, 2.45) is 0 Å². The summed E-state index contributed by atoms with van der Waals surface area (Å²) in [6, 6.07) is 10.6. The topological polar surface area (TPSA) is 97.2 Å². The van der Waals surface area contributed by atoms with Gasteiger partial charge in [-0.15, -0.1) is 5.10 Å². The zero-order chi connectivity index (χ0) is 20.4. The van der Waals surface area contributed by atoms with E-state index in [0.29, 0.717) is 24.1 Å². The third kappa shape index (κ3) is 3.99. The molecule has 0 atom stereocenters. The van der Waals surface area contributed by atoms with Crippen LogP contribution in [0.5, 0.6) is 0 Å². The summed E-state index contributed by atoms with van der Waals surface area (Å²) in [4.78, 5) is 12.3. The van der Waals surface area contributed by atoms with E-state index in [2.05, 4.69) is 15.6 Å². The lowest BCUT2D eigenvalue weighted by Gasteiger charge is -2.15. The second kappa shape index (κ2) is 7.88. The molecule has 29 heavy (non-hydrogen) atoms. The number of amides is 1. The fourth-order valence-electron chi connectivity index (χ4n) is 3.34. The molecule has 0 aliphatic carbocycles. The zero-order valence-corrected chi connectivity index (χ0v) is 16.4. The van der Waals surface area contributed by atoms with Gasteiger partial charge in [0.05, 0.1) is 22.6 Å². The largest absolute Gasteiger partial charge is 0.324 e. The number of rotatable bonds is 6. The van der Waals surface area contributed by atoms with Crippen molar-refractivity contribution in [3.63, 3.8) is 0 Å². The molecule has 8 nitrogen and oxygen atoms in total. The summed E-state index contributed by atoms with van der Waals surface area (Å²) < 4.78 is 42.0. The summed E-state index contributed by atoms with van der Waals surface area (Å²) in [5.74, 6) is -0.856. The van der Waals surface area contributed by atoms with E-state index in [-0.39, 0.29) is 29.5 Å². The Balaban J connectivity index is 1.46. The van der Waals surface area contributed by atoms with Crippen LogP contribution < -0.4 is 5.32 Å². The quantitative estimate of drug-likeness (QED) is 0.664. The number of halogens is 1. The van der Waals surface area contributed by atoms with Crippen molar-refractivity contribution >= 4 is 32.7 Å². The highest BCUT2D eigenvalue weighted by Crippen LogP contribution is 2.23. The van der Waals surface area contributed by atoms with Gasteiger partial charge in [0.15, 0.2) is 0 Å². The highest BCUT2D eigenvalue weighted by Gasteiger charge is 2.27. The van der Waals surface area contributed by atoms with E-state index in [4.69, 9.17) is 0 Å². The SMILES string of the molecule is O=C(CCn1nnc2cc(S(=O)(=O)N3CCCC3)ccc21)Nc1ccccc1F. The first-order chi connectivity index (χ1) is 13.9. The molecule has 1 saturated heterocycles. The highest BCUT2D eigenvalue weighted by molar-refractivity contribution is 7.89. The summed E-state index contributed by atoms with van der Waals surface area (Å²) in [6.45, 7) is 1.30. The minimum Gasteiger partial charge on any atom is -0.324 e. The number of fused-ring (bicyclic) bond motifs is 1. The average molecular weight is 417 g/mol. The van der Waals surface area contributed by atoms with E-state index in [9.17, 15) is 17.6 Å². The number of aryl methyl sites for hydroxylation is 1. The number of nitrogens with one attached hydrogen (secondary N) is 1. The van der Waals surface area contributed by atoms with Crippen LogP contribution in [0.1, 0.15) is 19.3 Å². The molecule has 152 valence electrons. The lowest BCUT2D eigenvalue weighted by Crippen LogP contribution is -2.27. The lowest BCUT2D eigenvalue weighted by atomic mass is 10.3. The van der Waals surface area contributed by atoms with Gasteiger partial charge in [0.25, 0.3) is 0 Å². The predicted molar refractivity (Wildman–Crippen MR) is 105 cm³/mol. The smallest absolute Gasteiger partial charge is 0.243 e. The number of aromatic nitrogens is 3. The van der Waals surface area contributed by atoms with Crippen LogP contribution in [0.3, 0.4) is 0 Å². The average Bonchev–Trinajstić information content (AvgIpc) is 3.38. The highest BCUT2D eigenvalue weighted by atomic mass is 32.2. The van der Waals surface area contributed by atoms with Gasteiger partial charge in [-0.2, -0.15) is 4.31 Å². The molecular weight excluding hydrogens is 397 g/mol. The van der Waals surface area contributed by atoms with Crippen LogP contribution in [0.15, 0.2) is 47.4 Å². The summed E-state index contributed by atoms with van der Waals surface area (Å²) in [5.41, 5.74) is 1.20. The van der Waals surface area contributed by atoms with Crippen LogP contribution in [0.25, 0.3) is 11.0 Å². The van der Waals surface area contributed by atoms with Crippen LogP contribution in [0.2, 0.25) is 0 Å². The van der Waals surface area contributed by atoms with E-state index >= 15 is 0 Å². The first-order valence-electron chi connectivity index (χ1n) is 9.33. The van der Waals surface area contributed by atoms with Gasteiger partial charge < -0.3 is 5.32 Å². The molecule has 10 heteroatoms. The summed E-state index contributed by atoms with van der Waals surface area (Å²) in [6.07, 6.45) is 1.81. The van der Waals surface area contributed by atoms with E-state index in [1.54, 1.807) is 18.2 Å². The van der Waals surface area contributed by atoms with Crippen molar-refractivity contribution in [1.29, 1.82) is 0 Å². The maximum Gasteiger partial charge on any atom is 0.243 e. The Morgan fingerprint density at radius 1 is 1.14 bits per heavy atom. The molecule has 0 bridgehead atoms. The molecule has 2 heterocycles. The first-order valence-corrected chi connectivity index (χ1v) is 10.8. The molecule has 0 saturated carbocycles. The lowest BCUT2D eigenvalue weighted by molar-refractivity contribution is -0.116. The predicted octanol–water partition coefficient (Wildman–Crippen LogP) is 2.38. The van der Waals surface area contributed by atoms with Crippen LogP contribution in [-0.4, -0.2) is 46.7 Å². The monoisotopic (exact) mass is 417 g/mol. The van der Waals surface area contributed by atoms with Gasteiger partial charge in [-0.3, -0.25) is 4.79 Å². The zero-order valence-electron chi connectivity index (χ0n) is 15.6. The summed E-state index contributed by atoms with van der Waals surface area (Å²) in [7, 11) is -3.53. The Morgan fingerprint density at radius 2 is 1.90 bits per heavy atom. The van der Waals surface area contributed by atoms with E-state index in [0.717, 1.165) is 12.8 Å². The number of benzene rings is 2. The fourth-order valence-corrected chi connectivity index (χ4v) is 4.88. The number of sulfonamides is 1. The first kappa shape index (κ1) is 19.5. The second-order valence-electron chi connectivity index (χ2n) is 6.85. The number of anilines is 1. The molecule has 0 unspecified atom stereocenters. The maximum atomic E-state index is 13.6. The van der Waals surface area contributed by atoms with Crippen LogP contribution >= 0.6 is 0 Å². The number of hydrogen-bond donors (Lipinski definition) is 1. The fraction of sp³-hybridized carbons (Fsp3) is 0.316. The minimum absolute atomic E-state index is 0.0701. The molecule has 0 spiro atoms. The van der Waals surface area contributed by atoms with Gasteiger partial charge in [-0.25, -0.2) is 17.5 Å². The summed E-state index contributed by atoms with van der Waals surface area (Å²) >= 11 is 0. The summed E-state index contributed by atoms with van der Waals surface area (Å²) in [5, 5.41) is 10.6. The number of carbonyl (C=O) groups excluding carboxylic acids is 1. The molecule has 1 amide bonds. The van der Waals surface area contributed by atoms with E-state index in [1.165, 1.54) is 33.3 Å². The normalized spacial score (nSPS) is 15.1. The third-order valence-corrected chi connectivity index (χ3v) is 6.78. The Labute approximate surface area is 167 Å². The van der Waals surface area contributed by atoms with E-state index < -0.39 is 15.8 Å². The molecule has 1 fully saturated rings. The Bertz CT molecular complexity index is 1160. The van der Waals surface area contributed by atoms with Gasteiger partial charge >= 0.3 is 0 Å². The molecule has 2 aromatic carbocycles. The van der Waals surface area contributed by atoms with Crippen molar-refractivity contribution in [1.82, 2.24) is 19.3 Å². The third-order valence-electron chi connectivity index (χ3n) is 4.89. The Kier molecular flexibility index (Phi) is 5.29. The Morgan fingerprint density at radius 3 is 2.66 bits per heavy atom. The minimum atomic E-state index is -3.53. The molecular formula is C19H20FN5O3S. The molecule has 4 rings (SSSR count). The molecule has 1 aliphatic heterocycles. The number of hydrogen-bond acceptors (Lipinski definition) is 5. The second-order valence-corrected chi connectivity index (χ2v) is 8.79. The van der Waals surface area contributed by atoms with Gasteiger partial charge in [0.2, 0.25) is 15.9 Å². The van der Waals surface area contributed by atoms with Gasteiger partial charge in [-0.1, -0.05) is 17.3 Å². The van der Waals surface area contributed by atoms with Crippen molar-refractivity contribution in [3.8, 4) is 0 Å². The molecule has 3 aromatic rings. The van der Waals surface area contributed by atoms with Crippen molar-refractivity contribution in [2.75, 3.05) is 18.4 Å². The Hall–Kier alpha value is -2.85. The molecule has 1 aliphatic rings. The van der Waals surface area contributed by atoms with Crippen LogP contribution in [-0.2, 0) is 21.4 Å². The number of carbonyl (C=O) groups is 1. The van der Waals surface area contributed by atoms with Crippen LogP contribution in [0.4, 0.5) is 10.1 Å². The van der Waals surface area contributed by atoms with Crippen molar-refractivity contribution in [2.45, 2.75) is 30.7 Å². The van der Waals surface area contributed by atoms with Crippen molar-refractivity contribution < 1.29 is 17.6 Å². The molecule has 1 aromatic heterocycles. The molecule has 1 N–H and O–H groups in total. The standard InChI is InChI=1S/C19H20FN5O3S/c20-15-5-1-2-6-16(15)21-19(26)9-12-25-18-8-7-14(13-17(18)22-23-25)29(27,28)24-10-3-4-11-24/h1-2,5-8,13H,3-4,9-12H2,(H,21,26). The maximum absolute atomic E-state index is 13.6. The van der Waals surface area contributed by atoms with Crippen molar-refractivity contribution in [3.05, 3.63) is 48.3 Å². The van der Waals surface area contributed by atoms with Crippen LogP contribution in [0, 0.1) is 5.82 Å². The van der Waals surface area contributed by atoms with Gasteiger partial charge in [-0.05, 0) is 43.2 Å². The van der Waals surface area contributed by atoms with Gasteiger partial charge in [0.1, 0.15) is 11.3 Å². The van der Waals surface area contributed by atoms with Gasteiger partial charge in [0, 0.05) is 19.5 Å².